The maximum atomic E-state index is 11.5. The molecule has 3 rings (SSSR count). The van der Waals surface area contributed by atoms with Gasteiger partial charge in [0.2, 0.25) is 6.41 Å². The van der Waals surface area contributed by atoms with Crippen molar-refractivity contribution >= 4 is 12.1 Å². The molecule has 0 aromatic heterocycles. The Balaban J connectivity index is 1.67. The van der Waals surface area contributed by atoms with Crippen molar-refractivity contribution in [2.75, 3.05) is 31.1 Å². The van der Waals surface area contributed by atoms with Gasteiger partial charge in [0.1, 0.15) is 0 Å². The van der Waals surface area contributed by atoms with E-state index in [9.17, 15) is 4.79 Å². The SMILES string of the molecule is C#Cc1cccc(-c2ccc(N(C=O)CCN3CCC(C)C3)cc2)c1. The third-order valence-corrected chi connectivity index (χ3v) is 4.85. The van der Waals surface area contributed by atoms with Crippen LogP contribution < -0.4 is 4.90 Å². The van der Waals surface area contributed by atoms with Gasteiger partial charge in [0.05, 0.1) is 0 Å². The molecule has 0 bridgehead atoms. The van der Waals surface area contributed by atoms with E-state index in [2.05, 4.69) is 17.7 Å². The summed E-state index contributed by atoms with van der Waals surface area (Å²) in [6, 6.07) is 16.0. The van der Waals surface area contributed by atoms with Gasteiger partial charge in [-0.05, 0) is 54.3 Å². The summed E-state index contributed by atoms with van der Waals surface area (Å²) in [4.78, 5) is 15.7. The number of hydrogen-bond acceptors (Lipinski definition) is 2. The lowest BCUT2D eigenvalue weighted by Crippen LogP contribution is -2.33. The number of likely N-dealkylation sites (tertiary alicyclic amines) is 1. The van der Waals surface area contributed by atoms with Crippen molar-refractivity contribution in [1.82, 2.24) is 4.90 Å². The van der Waals surface area contributed by atoms with E-state index in [1.807, 2.05) is 48.5 Å². The fourth-order valence-electron chi connectivity index (χ4n) is 3.36. The molecule has 0 saturated carbocycles. The van der Waals surface area contributed by atoms with E-state index in [1.54, 1.807) is 4.90 Å². The van der Waals surface area contributed by atoms with E-state index in [0.717, 1.165) is 60.9 Å². The van der Waals surface area contributed by atoms with Gasteiger partial charge in [0.25, 0.3) is 0 Å². The monoisotopic (exact) mass is 332 g/mol. The summed E-state index contributed by atoms with van der Waals surface area (Å²) in [7, 11) is 0. The first-order valence-electron chi connectivity index (χ1n) is 8.81. The fraction of sp³-hybridized carbons (Fsp3) is 0.318. The maximum absolute atomic E-state index is 11.5. The molecule has 1 aliphatic rings. The first-order valence-corrected chi connectivity index (χ1v) is 8.81. The second kappa shape index (κ2) is 8.00. The number of terminal acetylenes is 1. The molecule has 2 aromatic rings. The van der Waals surface area contributed by atoms with E-state index < -0.39 is 0 Å². The Morgan fingerprint density at radius 2 is 2.04 bits per heavy atom. The second-order valence-corrected chi connectivity index (χ2v) is 6.77. The predicted octanol–water partition coefficient (Wildman–Crippen LogP) is 3.64. The van der Waals surface area contributed by atoms with Crippen molar-refractivity contribution in [3.05, 3.63) is 54.1 Å². The van der Waals surface area contributed by atoms with Crippen LogP contribution in [0.2, 0.25) is 0 Å². The van der Waals surface area contributed by atoms with Gasteiger partial charge in [-0.3, -0.25) is 4.79 Å². The van der Waals surface area contributed by atoms with Crippen molar-refractivity contribution in [3.8, 4) is 23.5 Å². The number of anilines is 1. The van der Waals surface area contributed by atoms with Crippen LogP contribution in [0.1, 0.15) is 18.9 Å². The summed E-state index contributed by atoms with van der Waals surface area (Å²) in [6.45, 7) is 6.21. The largest absolute Gasteiger partial charge is 0.314 e. The number of amides is 1. The van der Waals surface area contributed by atoms with Gasteiger partial charge in [-0.2, -0.15) is 0 Å². The van der Waals surface area contributed by atoms with Crippen LogP contribution >= 0.6 is 0 Å². The zero-order valence-electron chi connectivity index (χ0n) is 14.7. The summed E-state index contributed by atoms with van der Waals surface area (Å²) >= 11 is 0. The van der Waals surface area contributed by atoms with E-state index in [0.29, 0.717) is 0 Å². The fourth-order valence-corrected chi connectivity index (χ4v) is 3.36. The Morgan fingerprint density at radius 1 is 1.24 bits per heavy atom. The molecule has 1 aliphatic heterocycles. The van der Waals surface area contributed by atoms with Crippen molar-refractivity contribution < 1.29 is 4.79 Å². The lowest BCUT2D eigenvalue weighted by molar-refractivity contribution is -0.107. The highest BCUT2D eigenvalue weighted by atomic mass is 16.1. The van der Waals surface area contributed by atoms with Crippen LogP contribution in [0.25, 0.3) is 11.1 Å². The normalized spacial score (nSPS) is 17.2. The Hall–Kier alpha value is -2.57. The Labute approximate surface area is 150 Å². The summed E-state index contributed by atoms with van der Waals surface area (Å²) in [6.07, 6.45) is 7.65. The van der Waals surface area contributed by atoms with Crippen molar-refractivity contribution in [2.45, 2.75) is 13.3 Å². The van der Waals surface area contributed by atoms with Crippen LogP contribution in [0.4, 0.5) is 5.69 Å². The zero-order chi connectivity index (χ0) is 17.6. The minimum Gasteiger partial charge on any atom is -0.314 e. The van der Waals surface area contributed by atoms with Gasteiger partial charge in [-0.15, -0.1) is 6.42 Å². The van der Waals surface area contributed by atoms with E-state index in [-0.39, 0.29) is 0 Å². The number of rotatable bonds is 6. The van der Waals surface area contributed by atoms with Crippen LogP contribution in [-0.4, -0.2) is 37.5 Å². The van der Waals surface area contributed by atoms with Gasteiger partial charge in [0, 0.05) is 30.9 Å². The maximum Gasteiger partial charge on any atom is 0.214 e. The zero-order valence-corrected chi connectivity index (χ0v) is 14.7. The average Bonchev–Trinajstić information content (AvgIpc) is 3.08. The van der Waals surface area contributed by atoms with Gasteiger partial charge in [0.15, 0.2) is 0 Å². The molecule has 2 aromatic carbocycles. The minimum atomic E-state index is 0.724. The summed E-state index contributed by atoms with van der Waals surface area (Å²) in [5, 5.41) is 0. The first kappa shape index (κ1) is 17.3. The lowest BCUT2D eigenvalue weighted by atomic mass is 10.0. The standard InChI is InChI=1S/C22H24N2O/c1-3-19-5-4-6-21(15-19)20-7-9-22(10-8-20)24(17-25)14-13-23-12-11-18(2)16-23/h1,4-10,15,17-18H,11-14,16H2,2H3. The molecule has 1 saturated heterocycles. The summed E-state index contributed by atoms with van der Waals surface area (Å²) in [5.41, 5.74) is 3.99. The van der Waals surface area contributed by atoms with Crippen molar-refractivity contribution in [1.29, 1.82) is 0 Å². The number of carbonyl (C=O) groups excluding carboxylic acids is 1. The smallest absolute Gasteiger partial charge is 0.214 e. The number of carbonyl (C=O) groups is 1. The quantitative estimate of drug-likeness (QED) is 0.596. The summed E-state index contributed by atoms with van der Waals surface area (Å²) in [5.74, 6) is 3.43. The Bertz CT molecular complexity index is 760. The Morgan fingerprint density at radius 3 is 2.68 bits per heavy atom. The molecule has 128 valence electrons. The number of hydrogen-bond donors (Lipinski definition) is 0. The van der Waals surface area contributed by atoms with Crippen LogP contribution in [-0.2, 0) is 4.79 Å². The van der Waals surface area contributed by atoms with Crippen molar-refractivity contribution in [2.24, 2.45) is 5.92 Å². The van der Waals surface area contributed by atoms with Crippen molar-refractivity contribution in [3.63, 3.8) is 0 Å². The molecule has 1 fully saturated rings. The third-order valence-electron chi connectivity index (χ3n) is 4.85. The molecule has 3 heteroatoms. The molecule has 0 spiro atoms. The highest BCUT2D eigenvalue weighted by Gasteiger charge is 2.19. The van der Waals surface area contributed by atoms with E-state index in [1.165, 1.54) is 6.42 Å². The van der Waals surface area contributed by atoms with Crippen LogP contribution in [0, 0.1) is 18.3 Å². The van der Waals surface area contributed by atoms with Gasteiger partial charge in [-0.1, -0.05) is 37.1 Å². The molecule has 1 atom stereocenters. The highest BCUT2D eigenvalue weighted by Crippen LogP contribution is 2.24. The average molecular weight is 332 g/mol. The third kappa shape index (κ3) is 4.29. The van der Waals surface area contributed by atoms with Crippen LogP contribution in [0.3, 0.4) is 0 Å². The van der Waals surface area contributed by atoms with Crippen LogP contribution in [0.15, 0.2) is 48.5 Å². The highest BCUT2D eigenvalue weighted by molar-refractivity contribution is 5.77. The van der Waals surface area contributed by atoms with E-state index in [4.69, 9.17) is 6.42 Å². The van der Waals surface area contributed by atoms with Gasteiger partial charge >= 0.3 is 0 Å². The molecule has 1 unspecified atom stereocenters. The molecule has 0 N–H and O–H groups in total. The molecule has 0 radical (unpaired) electrons. The van der Waals surface area contributed by atoms with Crippen LogP contribution in [0.5, 0.6) is 0 Å². The van der Waals surface area contributed by atoms with Gasteiger partial charge < -0.3 is 9.80 Å². The first-order chi connectivity index (χ1) is 12.2. The predicted molar refractivity (Wildman–Crippen MR) is 103 cm³/mol. The Kier molecular flexibility index (Phi) is 5.53. The summed E-state index contributed by atoms with van der Waals surface area (Å²) < 4.78 is 0. The van der Waals surface area contributed by atoms with E-state index >= 15 is 0 Å². The molecule has 0 aliphatic carbocycles. The molecular weight excluding hydrogens is 308 g/mol. The number of nitrogens with zero attached hydrogens (tertiary/aromatic N) is 2. The lowest BCUT2D eigenvalue weighted by Gasteiger charge is -2.22. The molecule has 1 heterocycles. The topological polar surface area (TPSA) is 23.6 Å². The van der Waals surface area contributed by atoms with Gasteiger partial charge in [-0.25, -0.2) is 0 Å². The molecule has 3 nitrogen and oxygen atoms in total. The molecule has 1 amide bonds. The second-order valence-electron chi connectivity index (χ2n) is 6.77. The molecular formula is C22H24N2O. The minimum absolute atomic E-state index is 0.724. The molecule has 25 heavy (non-hydrogen) atoms. The number of benzene rings is 2.